The zero-order chi connectivity index (χ0) is 13.5. The summed E-state index contributed by atoms with van der Waals surface area (Å²) in [4.78, 5) is 13.9. The second-order valence-electron chi connectivity index (χ2n) is 4.52. The Bertz CT molecular complexity index is 384. The van der Waals surface area contributed by atoms with Gasteiger partial charge in [-0.05, 0) is 24.1 Å². The number of carbonyl (C=O) groups is 1. The van der Waals surface area contributed by atoms with Gasteiger partial charge >= 0.3 is 0 Å². The summed E-state index contributed by atoms with van der Waals surface area (Å²) in [6, 6.07) is 6.24. The van der Waals surface area contributed by atoms with E-state index < -0.39 is 0 Å². The molecule has 1 aromatic carbocycles. The van der Waals surface area contributed by atoms with Gasteiger partial charge in [0.2, 0.25) is 5.91 Å². The fourth-order valence-corrected chi connectivity index (χ4v) is 1.76. The van der Waals surface area contributed by atoms with E-state index in [-0.39, 0.29) is 30.0 Å². The van der Waals surface area contributed by atoms with Crippen LogP contribution in [0.25, 0.3) is 0 Å². The summed E-state index contributed by atoms with van der Waals surface area (Å²) in [6.45, 7) is 5.41. The van der Waals surface area contributed by atoms with E-state index in [4.69, 9.17) is 5.73 Å². The molecular formula is C14H22ClFN2O. The number of rotatable bonds is 6. The maximum Gasteiger partial charge on any atom is 0.226 e. The number of amides is 1. The molecule has 0 saturated heterocycles. The number of nitrogens with zero attached hydrogens (tertiary/aromatic N) is 1. The zero-order valence-electron chi connectivity index (χ0n) is 11.4. The topological polar surface area (TPSA) is 46.3 Å². The van der Waals surface area contributed by atoms with Crippen LogP contribution in [0.1, 0.15) is 25.8 Å². The molecule has 0 fully saturated rings. The summed E-state index contributed by atoms with van der Waals surface area (Å²) >= 11 is 0. The summed E-state index contributed by atoms with van der Waals surface area (Å²) in [5.74, 6) is -0.372. The van der Waals surface area contributed by atoms with Gasteiger partial charge in [0.1, 0.15) is 5.82 Å². The lowest BCUT2D eigenvalue weighted by Gasteiger charge is -2.25. The average Bonchev–Trinajstić information content (AvgIpc) is 2.39. The molecule has 0 radical (unpaired) electrons. The number of halogens is 2. The van der Waals surface area contributed by atoms with Gasteiger partial charge in [-0.3, -0.25) is 4.79 Å². The molecule has 0 bridgehead atoms. The molecule has 1 aromatic rings. The van der Waals surface area contributed by atoms with Gasteiger partial charge in [0.15, 0.2) is 0 Å². The molecule has 5 heteroatoms. The van der Waals surface area contributed by atoms with E-state index in [0.29, 0.717) is 19.6 Å². The van der Waals surface area contributed by atoms with Crippen molar-refractivity contribution in [3.63, 3.8) is 0 Å². The van der Waals surface area contributed by atoms with Gasteiger partial charge in [0, 0.05) is 25.6 Å². The summed E-state index contributed by atoms with van der Waals surface area (Å²) in [5.41, 5.74) is 6.46. The van der Waals surface area contributed by atoms with Crippen molar-refractivity contribution in [1.82, 2.24) is 4.90 Å². The zero-order valence-corrected chi connectivity index (χ0v) is 12.3. The molecule has 0 aliphatic carbocycles. The first-order valence-electron chi connectivity index (χ1n) is 6.31. The van der Waals surface area contributed by atoms with Crippen LogP contribution in [-0.2, 0) is 11.3 Å². The van der Waals surface area contributed by atoms with Crippen LogP contribution in [-0.4, -0.2) is 23.9 Å². The van der Waals surface area contributed by atoms with Gasteiger partial charge in [-0.25, -0.2) is 4.39 Å². The lowest BCUT2D eigenvalue weighted by atomic mass is 10.1. The van der Waals surface area contributed by atoms with Gasteiger partial charge < -0.3 is 10.6 Å². The number of carbonyl (C=O) groups excluding carboxylic acids is 1. The average molecular weight is 289 g/mol. The lowest BCUT2D eigenvalue weighted by molar-refractivity contribution is -0.135. The van der Waals surface area contributed by atoms with Gasteiger partial charge in [-0.1, -0.05) is 26.0 Å². The maximum atomic E-state index is 12.8. The highest BCUT2D eigenvalue weighted by Gasteiger charge is 2.18. The van der Waals surface area contributed by atoms with Crippen LogP contribution >= 0.6 is 12.4 Å². The molecule has 1 rings (SSSR count). The molecule has 1 amide bonds. The molecule has 19 heavy (non-hydrogen) atoms. The Morgan fingerprint density at radius 3 is 2.42 bits per heavy atom. The van der Waals surface area contributed by atoms with Gasteiger partial charge in [0.05, 0.1) is 0 Å². The van der Waals surface area contributed by atoms with Crippen molar-refractivity contribution in [3.05, 3.63) is 35.6 Å². The highest BCUT2D eigenvalue weighted by molar-refractivity contribution is 5.85. The van der Waals surface area contributed by atoms with Crippen molar-refractivity contribution in [2.24, 2.45) is 11.7 Å². The molecule has 0 heterocycles. The third-order valence-corrected chi connectivity index (χ3v) is 2.87. The maximum absolute atomic E-state index is 12.8. The lowest BCUT2D eigenvalue weighted by Crippen LogP contribution is -2.38. The van der Waals surface area contributed by atoms with E-state index in [1.54, 1.807) is 17.0 Å². The molecule has 0 aliphatic rings. The highest BCUT2D eigenvalue weighted by Crippen LogP contribution is 2.10. The van der Waals surface area contributed by atoms with Crippen LogP contribution in [0.2, 0.25) is 0 Å². The summed E-state index contributed by atoms with van der Waals surface area (Å²) in [5, 5.41) is 0. The monoisotopic (exact) mass is 288 g/mol. The first-order valence-corrected chi connectivity index (χ1v) is 6.31. The standard InChI is InChI=1S/C14H21FN2O.ClH/c1-3-8-17(14(18)11(2)9-16)10-12-4-6-13(15)7-5-12;/h4-7,11H,3,8-10,16H2,1-2H3;1H. The molecule has 0 aliphatic heterocycles. The molecular weight excluding hydrogens is 267 g/mol. The molecule has 1 unspecified atom stereocenters. The Hall–Kier alpha value is -1.13. The summed E-state index contributed by atoms with van der Waals surface area (Å²) in [6.07, 6.45) is 0.893. The Kier molecular flexibility index (Phi) is 8.35. The van der Waals surface area contributed by atoms with Crippen molar-refractivity contribution in [3.8, 4) is 0 Å². The minimum Gasteiger partial charge on any atom is -0.338 e. The van der Waals surface area contributed by atoms with Crippen molar-refractivity contribution in [2.75, 3.05) is 13.1 Å². The van der Waals surface area contributed by atoms with E-state index >= 15 is 0 Å². The van der Waals surface area contributed by atoms with E-state index in [1.807, 2.05) is 13.8 Å². The van der Waals surface area contributed by atoms with Crippen molar-refractivity contribution in [1.29, 1.82) is 0 Å². The SMILES string of the molecule is CCCN(Cc1ccc(F)cc1)C(=O)C(C)CN.Cl. The molecule has 1 atom stereocenters. The molecule has 0 aromatic heterocycles. The minimum absolute atomic E-state index is 0. The minimum atomic E-state index is -0.262. The predicted octanol–water partition coefficient (Wildman–Crippen LogP) is 2.58. The first kappa shape index (κ1) is 17.9. The van der Waals surface area contributed by atoms with Gasteiger partial charge in [-0.2, -0.15) is 0 Å². The van der Waals surface area contributed by atoms with Crippen LogP contribution in [0, 0.1) is 11.7 Å². The summed E-state index contributed by atoms with van der Waals surface area (Å²) in [7, 11) is 0. The highest BCUT2D eigenvalue weighted by atomic mass is 35.5. The Balaban J connectivity index is 0.00000324. The van der Waals surface area contributed by atoms with E-state index in [0.717, 1.165) is 12.0 Å². The van der Waals surface area contributed by atoms with Crippen molar-refractivity contribution >= 4 is 18.3 Å². The van der Waals surface area contributed by atoms with Crippen LogP contribution < -0.4 is 5.73 Å². The Morgan fingerprint density at radius 2 is 1.95 bits per heavy atom. The number of benzene rings is 1. The second-order valence-corrected chi connectivity index (χ2v) is 4.52. The van der Waals surface area contributed by atoms with Crippen LogP contribution in [0.5, 0.6) is 0 Å². The van der Waals surface area contributed by atoms with Gasteiger partial charge in [0.25, 0.3) is 0 Å². The van der Waals surface area contributed by atoms with Crippen LogP contribution in [0.3, 0.4) is 0 Å². The van der Waals surface area contributed by atoms with Crippen molar-refractivity contribution < 1.29 is 9.18 Å². The molecule has 2 N–H and O–H groups in total. The number of hydrogen-bond donors (Lipinski definition) is 1. The van der Waals surface area contributed by atoms with Gasteiger partial charge in [-0.15, -0.1) is 12.4 Å². The third kappa shape index (κ3) is 5.57. The molecule has 108 valence electrons. The largest absolute Gasteiger partial charge is 0.338 e. The van der Waals surface area contributed by atoms with Crippen LogP contribution in [0.15, 0.2) is 24.3 Å². The molecule has 0 spiro atoms. The fraction of sp³-hybridized carbons (Fsp3) is 0.500. The van der Waals surface area contributed by atoms with Crippen LogP contribution in [0.4, 0.5) is 4.39 Å². The van der Waals surface area contributed by atoms with Crippen molar-refractivity contribution in [2.45, 2.75) is 26.8 Å². The Morgan fingerprint density at radius 1 is 1.37 bits per heavy atom. The quantitative estimate of drug-likeness (QED) is 0.874. The molecule has 3 nitrogen and oxygen atoms in total. The normalized spacial score (nSPS) is 11.6. The fourth-order valence-electron chi connectivity index (χ4n) is 1.76. The van der Waals surface area contributed by atoms with E-state index in [2.05, 4.69) is 0 Å². The Labute approximate surface area is 120 Å². The third-order valence-electron chi connectivity index (χ3n) is 2.87. The van der Waals surface area contributed by atoms with E-state index in [9.17, 15) is 9.18 Å². The summed E-state index contributed by atoms with van der Waals surface area (Å²) < 4.78 is 12.8. The number of nitrogens with two attached hydrogens (primary N) is 1. The van der Waals surface area contributed by atoms with E-state index in [1.165, 1.54) is 12.1 Å². The predicted molar refractivity (Wildman–Crippen MR) is 77.6 cm³/mol. The molecule has 0 saturated carbocycles. The number of hydrogen-bond acceptors (Lipinski definition) is 2. The smallest absolute Gasteiger partial charge is 0.226 e. The second kappa shape index (κ2) is 8.88. The first-order chi connectivity index (χ1) is 8.58.